The number of halogens is 1. The van der Waals surface area contributed by atoms with Gasteiger partial charge in [0.25, 0.3) is 15.9 Å². The lowest BCUT2D eigenvalue weighted by atomic mass is 10.1. The Morgan fingerprint density at radius 1 is 0.966 bits per heavy atom. The number of anilines is 1. The van der Waals surface area contributed by atoms with Crippen LogP contribution in [0.4, 0.5) is 10.1 Å². The van der Waals surface area contributed by atoms with Gasteiger partial charge >= 0.3 is 0 Å². The molecular formula is C22H21FN2O3S. The van der Waals surface area contributed by atoms with Crippen molar-refractivity contribution in [2.45, 2.75) is 25.3 Å². The number of hydrogen-bond donors (Lipinski definition) is 2. The fourth-order valence-electron chi connectivity index (χ4n) is 2.82. The topological polar surface area (TPSA) is 75.3 Å². The average Bonchev–Trinajstić information content (AvgIpc) is 2.67. The van der Waals surface area contributed by atoms with Crippen molar-refractivity contribution in [2.24, 2.45) is 0 Å². The molecule has 150 valence electrons. The van der Waals surface area contributed by atoms with Crippen LogP contribution in [0.5, 0.6) is 0 Å². The maximum Gasteiger partial charge on any atom is 0.261 e. The molecule has 0 atom stereocenters. The Morgan fingerprint density at radius 2 is 1.69 bits per heavy atom. The van der Waals surface area contributed by atoms with Crippen molar-refractivity contribution in [3.8, 4) is 0 Å². The van der Waals surface area contributed by atoms with Crippen LogP contribution in [-0.4, -0.2) is 14.3 Å². The summed E-state index contributed by atoms with van der Waals surface area (Å²) in [5.41, 5.74) is 3.03. The van der Waals surface area contributed by atoms with Crippen molar-refractivity contribution in [2.75, 3.05) is 4.72 Å². The molecule has 0 saturated heterocycles. The highest BCUT2D eigenvalue weighted by atomic mass is 32.2. The summed E-state index contributed by atoms with van der Waals surface area (Å²) in [5.74, 6) is -0.755. The third-order valence-electron chi connectivity index (χ3n) is 4.40. The van der Waals surface area contributed by atoms with Crippen molar-refractivity contribution in [1.82, 2.24) is 5.32 Å². The van der Waals surface area contributed by atoms with Gasteiger partial charge in [0.2, 0.25) is 0 Å². The minimum absolute atomic E-state index is 0.00321. The molecule has 3 aromatic rings. The van der Waals surface area contributed by atoms with Crippen LogP contribution in [0.1, 0.15) is 27.0 Å². The molecule has 0 bridgehead atoms. The number of aryl methyl sites for hydroxylation is 2. The second-order valence-electron chi connectivity index (χ2n) is 6.76. The highest BCUT2D eigenvalue weighted by Crippen LogP contribution is 2.20. The van der Waals surface area contributed by atoms with Gasteiger partial charge in [0.1, 0.15) is 5.82 Å². The molecule has 0 radical (unpaired) electrons. The van der Waals surface area contributed by atoms with Crippen LogP contribution in [0.15, 0.2) is 71.6 Å². The summed E-state index contributed by atoms with van der Waals surface area (Å²) in [7, 11) is -3.85. The standard InChI is InChI=1S/C22H21FN2O3S/c1-15-4-3-5-19(12-15)25-29(27,28)20-11-6-16(2)21(13-20)22(26)24-14-17-7-9-18(23)10-8-17/h3-13,25H,14H2,1-2H3,(H,24,26). The van der Waals surface area contributed by atoms with E-state index in [1.807, 2.05) is 13.0 Å². The van der Waals surface area contributed by atoms with Gasteiger partial charge in [-0.05, 0) is 66.9 Å². The van der Waals surface area contributed by atoms with Crippen LogP contribution in [0, 0.1) is 19.7 Å². The number of rotatable bonds is 6. The summed E-state index contributed by atoms with van der Waals surface area (Å²) in [6.07, 6.45) is 0. The van der Waals surface area contributed by atoms with Gasteiger partial charge in [-0.15, -0.1) is 0 Å². The molecule has 29 heavy (non-hydrogen) atoms. The Kier molecular flexibility index (Phi) is 5.98. The van der Waals surface area contributed by atoms with Crippen molar-refractivity contribution >= 4 is 21.6 Å². The minimum Gasteiger partial charge on any atom is -0.348 e. The van der Waals surface area contributed by atoms with E-state index in [-0.39, 0.29) is 22.8 Å². The molecule has 0 aliphatic heterocycles. The maximum absolute atomic E-state index is 13.0. The highest BCUT2D eigenvalue weighted by Gasteiger charge is 2.18. The van der Waals surface area contributed by atoms with Gasteiger partial charge in [-0.25, -0.2) is 12.8 Å². The highest BCUT2D eigenvalue weighted by molar-refractivity contribution is 7.92. The second-order valence-corrected chi connectivity index (χ2v) is 8.44. The number of carbonyl (C=O) groups is 1. The van der Waals surface area contributed by atoms with Crippen LogP contribution < -0.4 is 10.0 Å². The van der Waals surface area contributed by atoms with E-state index in [9.17, 15) is 17.6 Å². The molecule has 0 aliphatic rings. The zero-order valence-corrected chi connectivity index (χ0v) is 16.9. The summed E-state index contributed by atoms with van der Waals surface area (Å²) in [6, 6.07) is 17.2. The summed E-state index contributed by atoms with van der Waals surface area (Å²) in [4.78, 5) is 12.6. The lowest BCUT2D eigenvalue weighted by molar-refractivity contribution is 0.0950. The molecule has 0 unspecified atom stereocenters. The lowest BCUT2D eigenvalue weighted by Crippen LogP contribution is -2.24. The molecule has 7 heteroatoms. The van der Waals surface area contributed by atoms with E-state index in [1.54, 1.807) is 43.3 Å². The van der Waals surface area contributed by atoms with Crippen molar-refractivity contribution in [3.63, 3.8) is 0 Å². The predicted octanol–water partition coefficient (Wildman–Crippen LogP) is 4.17. The molecular weight excluding hydrogens is 391 g/mol. The van der Waals surface area contributed by atoms with Crippen LogP contribution in [0.25, 0.3) is 0 Å². The first kappa shape index (κ1) is 20.5. The number of sulfonamides is 1. The molecule has 3 rings (SSSR count). The van der Waals surface area contributed by atoms with Crippen molar-refractivity contribution < 1.29 is 17.6 Å². The van der Waals surface area contributed by atoms with Crippen LogP contribution >= 0.6 is 0 Å². The van der Waals surface area contributed by atoms with E-state index in [0.717, 1.165) is 11.1 Å². The number of amides is 1. The summed E-state index contributed by atoms with van der Waals surface area (Å²) < 4.78 is 41.0. The lowest BCUT2D eigenvalue weighted by Gasteiger charge is -2.12. The largest absolute Gasteiger partial charge is 0.348 e. The molecule has 3 aromatic carbocycles. The first-order chi connectivity index (χ1) is 13.7. The first-order valence-corrected chi connectivity index (χ1v) is 10.5. The molecule has 0 aromatic heterocycles. The number of hydrogen-bond acceptors (Lipinski definition) is 3. The zero-order valence-electron chi connectivity index (χ0n) is 16.1. The van der Waals surface area contributed by atoms with E-state index in [1.165, 1.54) is 24.3 Å². The smallest absolute Gasteiger partial charge is 0.261 e. The van der Waals surface area contributed by atoms with Gasteiger partial charge in [0.15, 0.2) is 0 Å². The Morgan fingerprint density at radius 3 is 2.38 bits per heavy atom. The van der Waals surface area contributed by atoms with Crippen molar-refractivity contribution in [3.05, 3.63) is 94.8 Å². The molecule has 0 saturated carbocycles. The van der Waals surface area contributed by atoms with Crippen LogP contribution in [0.2, 0.25) is 0 Å². The number of carbonyl (C=O) groups excluding carboxylic acids is 1. The summed E-state index contributed by atoms with van der Waals surface area (Å²) in [5, 5.41) is 2.73. The van der Waals surface area contributed by atoms with Gasteiger partial charge < -0.3 is 5.32 Å². The zero-order chi connectivity index (χ0) is 21.0. The molecule has 0 spiro atoms. The van der Waals surface area contributed by atoms with Gasteiger partial charge in [-0.2, -0.15) is 0 Å². The Balaban J connectivity index is 1.79. The Bertz CT molecular complexity index is 1140. The van der Waals surface area contributed by atoms with Gasteiger partial charge in [0.05, 0.1) is 4.90 Å². The predicted molar refractivity (Wildman–Crippen MR) is 111 cm³/mol. The van der Waals surface area contributed by atoms with Gasteiger partial charge in [-0.3, -0.25) is 9.52 Å². The number of benzene rings is 3. The fourth-order valence-corrected chi connectivity index (χ4v) is 3.89. The molecule has 1 amide bonds. The molecule has 2 N–H and O–H groups in total. The first-order valence-electron chi connectivity index (χ1n) is 8.97. The van der Waals surface area contributed by atoms with Crippen LogP contribution in [0.3, 0.4) is 0 Å². The van der Waals surface area contributed by atoms with Gasteiger partial charge in [0, 0.05) is 17.8 Å². The summed E-state index contributed by atoms with van der Waals surface area (Å²) >= 11 is 0. The second kappa shape index (κ2) is 8.45. The third kappa shape index (κ3) is 5.20. The Labute approximate surface area is 169 Å². The van der Waals surface area contributed by atoms with E-state index < -0.39 is 15.9 Å². The van der Waals surface area contributed by atoms with Crippen molar-refractivity contribution in [1.29, 1.82) is 0 Å². The minimum atomic E-state index is -3.85. The molecule has 5 nitrogen and oxygen atoms in total. The monoisotopic (exact) mass is 412 g/mol. The average molecular weight is 412 g/mol. The molecule has 0 fully saturated rings. The summed E-state index contributed by atoms with van der Waals surface area (Å²) in [6.45, 7) is 3.81. The van der Waals surface area contributed by atoms with E-state index in [0.29, 0.717) is 11.3 Å². The fraction of sp³-hybridized carbons (Fsp3) is 0.136. The number of nitrogens with one attached hydrogen (secondary N) is 2. The quantitative estimate of drug-likeness (QED) is 0.638. The van der Waals surface area contributed by atoms with Gasteiger partial charge in [-0.1, -0.05) is 30.3 Å². The SMILES string of the molecule is Cc1cccc(NS(=O)(=O)c2ccc(C)c(C(=O)NCc3ccc(F)cc3)c2)c1. The molecule has 0 heterocycles. The maximum atomic E-state index is 13.0. The molecule has 0 aliphatic carbocycles. The third-order valence-corrected chi connectivity index (χ3v) is 5.78. The van der Waals surface area contributed by atoms with Crippen LogP contribution in [-0.2, 0) is 16.6 Å². The van der Waals surface area contributed by atoms with E-state index >= 15 is 0 Å². The normalized spacial score (nSPS) is 11.1. The van der Waals surface area contributed by atoms with E-state index in [4.69, 9.17) is 0 Å². The van der Waals surface area contributed by atoms with E-state index in [2.05, 4.69) is 10.0 Å². The Hall–Kier alpha value is -3.19.